The zero-order chi connectivity index (χ0) is 20.3. The highest BCUT2D eigenvalue weighted by Gasteiger charge is 2.23. The molecule has 28 heavy (non-hydrogen) atoms. The summed E-state index contributed by atoms with van der Waals surface area (Å²) in [7, 11) is 1.86. The monoisotopic (exact) mass is 399 g/mol. The van der Waals surface area contributed by atoms with Crippen molar-refractivity contribution in [3.8, 4) is 0 Å². The van der Waals surface area contributed by atoms with E-state index in [1.54, 1.807) is 37.3 Å². The number of nitrogens with zero attached hydrogens (tertiary/aromatic N) is 1. The zero-order valence-electron chi connectivity index (χ0n) is 15.6. The number of aliphatic hydroxyl groups is 1. The van der Waals surface area contributed by atoms with Gasteiger partial charge in [0.25, 0.3) is 0 Å². The van der Waals surface area contributed by atoms with Crippen LogP contribution in [-0.4, -0.2) is 33.3 Å². The number of thioether (sulfide) groups is 1. The second-order valence-electron chi connectivity index (χ2n) is 6.20. The first-order chi connectivity index (χ1) is 13.5. The SMILES string of the molecule is CCOC(=O)c1c(CSc2ccccc2C(=O)O)n(C)c2ccc(CO)cc12. The van der Waals surface area contributed by atoms with Crippen molar-refractivity contribution in [3.63, 3.8) is 0 Å². The maximum absolute atomic E-state index is 12.7. The Labute approximate surface area is 166 Å². The fourth-order valence-electron chi connectivity index (χ4n) is 3.16. The van der Waals surface area contributed by atoms with Gasteiger partial charge in [-0.2, -0.15) is 0 Å². The largest absolute Gasteiger partial charge is 0.478 e. The summed E-state index contributed by atoms with van der Waals surface area (Å²) in [4.78, 5) is 24.8. The quantitative estimate of drug-likeness (QED) is 0.464. The summed E-state index contributed by atoms with van der Waals surface area (Å²) < 4.78 is 7.18. The molecule has 0 saturated heterocycles. The lowest BCUT2D eigenvalue weighted by Crippen LogP contribution is -2.08. The average Bonchev–Trinajstić information content (AvgIpc) is 2.97. The summed E-state index contributed by atoms with van der Waals surface area (Å²) in [5, 5.41) is 19.6. The topological polar surface area (TPSA) is 88.8 Å². The van der Waals surface area contributed by atoms with Crippen LogP contribution in [0.15, 0.2) is 47.4 Å². The minimum atomic E-state index is -0.988. The Kier molecular flexibility index (Phi) is 6.06. The number of aromatic nitrogens is 1. The molecule has 6 nitrogen and oxygen atoms in total. The van der Waals surface area contributed by atoms with Gasteiger partial charge in [-0.3, -0.25) is 0 Å². The molecule has 0 saturated carbocycles. The van der Waals surface area contributed by atoms with Crippen LogP contribution in [0.2, 0.25) is 0 Å². The van der Waals surface area contributed by atoms with Crippen LogP contribution in [0.4, 0.5) is 0 Å². The van der Waals surface area contributed by atoms with E-state index in [2.05, 4.69) is 0 Å². The van der Waals surface area contributed by atoms with Gasteiger partial charge in [0.15, 0.2) is 0 Å². The molecule has 0 radical (unpaired) electrons. The molecule has 0 aliphatic carbocycles. The first-order valence-corrected chi connectivity index (χ1v) is 9.79. The van der Waals surface area contributed by atoms with Crippen LogP contribution in [0.1, 0.15) is 38.9 Å². The molecule has 0 bridgehead atoms. The minimum Gasteiger partial charge on any atom is -0.478 e. The number of benzene rings is 2. The molecular weight excluding hydrogens is 378 g/mol. The standard InChI is InChI=1S/C21H21NO5S/c1-3-27-21(26)19-15-10-13(11-23)8-9-16(15)22(2)17(19)12-28-18-7-5-4-6-14(18)20(24)25/h4-10,23H,3,11-12H2,1-2H3,(H,24,25). The zero-order valence-corrected chi connectivity index (χ0v) is 16.5. The predicted octanol–water partition coefficient (Wildman–Crippen LogP) is 3.84. The van der Waals surface area contributed by atoms with Crippen molar-refractivity contribution < 1.29 is 24.5 Å². The molecule has 0 atom stereocenters. The van der Waals surface area contributed by atoms with E-state index in [1.807, 2.05) is 23.7 Å². The number of carboxylic acid groups (broad SMARTS) is 1. The molecule has 0 fully saturated rings. The number of ether oxygens (including phenoxy) is 1. The van der Waals surface area contributed by atoms with Crippen LogP contribution in [-0.2, 0) is 24.1 Å². The number of fused-ring (bicyclic) bond motifs is 1. The summed E-state index contributed by atoms with van der Waals surface area (Å²) >= 11 is 1.36. The van der Waals surface area contributed by atoms with Crippen molar-refractivity contribution in [3.05, 3.63) is 64.8 Å². The number of aromatic carboxylic acids is 1. The molecule has 0 spiro atoms. The lowest BCUT2D eigenvalue weighted by atomic mass is 10.1. The molecule has 1 heterocycles. The smallest absolute Gasteiger partial charge is 0.340 e. The van der Waals surface area contributed by atoms with Crippen molar-refractivity contribution in [1.82, 2.24) is 4.57 Å². The highest BCUT2D eigenvalue weighted by molar-refractivity contribution is 7.98. The van der Waals surface area contributed by atoms with E-state index in [1.165, 1.54) is 11.8 Å². The molecule has 2 aromatic carbocycles. The van der Waals surface area contributed by atoms with Crippen molar-refractivity contribution in [1.29, 1.82) is 0 Å². The number of carbonyl (C=O) groups excluding carboxylic acids is 1. The lowest BCUT2D eigenvalue weighted by Gasteiger charge is -2.09. The van der Waals surface area contributed by atoms with Gasteiger partial charge in [0.05, 0.1) is 24.3 Å². The van der Waals surface area contributed by atoms with E-state index >= 15 is 0 Å². The van der Waals surface area contributed by atoms with Crippen LogP contribution in [0, 0.1) is 0 Å². The number of esters is 1. The molecule has 3 rings (SSSR count). The van der Waals surface area contributed by atoms with Crippen LogP contribution < -0.4 is 0 Å². The van der Waals surface area contributed by atoms with E-state index in [9.17, 15) is 19.8 Å². The number of rotatable bonds is 7. The molecule has 146 valence electrons. The van der Waals surface area contributed by atoms with Gasteiger partial charge in [0, 0.05) is 34.3 Å². The van der Waals surface area contributed by atoms with Crippen LogP contribution >= 0.6 is 11.8 Å². The molecule has 7 heteroatoms. The third-order valence-electron chi connectivity index (χ3n) is 4.53. The van der Waals surface area contributed by atoms with Gasteiger partial charge >= 0.3 is 11.9 Å². The third-order valence-corrected chi connectivity index (χ3v) is 5.61. The number of carbonyl (C=O) groups is 2. The van der Waals surface area contributed by atoms with E-state index < -0.39 is 11.9 Å². The molecule has 2 N–H and O–H groups in total. The van der Waals surface area contributed by atoms with E-state index in [0.717, 1.165) is 16.6 Å². The van der Waals surface area contributed by atoms with Crippen LogP contribution in [0.25, 0.3) is 10.9 Å². The Balaban J connectivity index is 2.07. The normalized spacial score (nSPS) is 11.0. The Morgan fingerprint density at radius 3 is 2.61 bits per heavy atom. The van der Waals surface area contributed by atoms with Gasteiger partial charge in [-0.1, -0.05) is 18.2 Å². The maximum Gasteiger partial charge on any atom is 0.340 e. The van der Waals surface area contributed by atoms with Crippen molar-refractivity contribution in [2.24, 2.45) is 7.05 Å². The van der Waals surface area contributed by atoms with Crippen molar-refractivity contribution in [2.45, 2.75) is 24.2 Å². The molecule has 1 aromatic heterocycles. The predicted molar refractivity (Wildman–Crippen MR) is 108 cm³/mol. The molecule has 0 aliphatic heterocycles. The highest BCUT2D eigenvalue weighted by Crippen LogP contribution is 2.33. The third kappa shape index (κ3) is 3.76. The number of hydrogen-bond donors (Lipinski definition) is 2. The van der Waals surface area contributed by atoms with Crippen LogP contribution in [0.3, 0.4) is 0 Å². The van der Waals surface area contributed by atoms with Gasteiger partial charge in [-0.05, 0) is 36.8 Å². The summed E-state index contributed by atoms with van der Waals surface area (Å²) in [6.45, 7) is 1.88. The summed E-state index contributed by atoms with van der Waals surface area (Å²) in [6, 6.07) is 12.3. The molecule has 3 aromatic rings. The molecule has 0 aliphatic rings. The second-order valence-corrected chi connectivity index (χ2v) is 7.22. The summed E-state index contributed by atoms with van der Waals surface area (Å²) in [5.41, 5.74) is 2.98. The number of carboxylic acids is 1. The molecular formula is C21H21NO5S. The fraction of sp³-hybridized carbons (Fsp3) is 0.238. The van der Waals surface area contributed by atoms with Crippen molar-refractivity contribution in [2.75, 3.05) is 6.61 Å². The number of aryl methyl sites for hydroxylation is 1. The first-order valence-electron chi connectivity index (χ1n) is 8.81. The van der Waals surface area contributed by atoms with E-state index in [-0.39, 0.29) is 18.8 Å². The second kappa shape index (κ2) is 8.50. The average molecular weight is 399 g/mol. The fourth-order valence-corrected chi connectivity index (χ4v) is 4.27. The van der Waals surface area contributed by atoms with Gasteiger partial charge in [0.2, 0.25) is 0 Å². The number of aliphatic hydroxyl groups excluding tert-OH is 1. The van der Waals surface area contributed by atoms with E-state index in [4.69, 9.17) is 4.74 Å². The van der Waals surface area contributed by atoms with Gasteiger partial charge in [-0.25, -0.2) is 9.59 Å². The Morgan fingerprint density at radius 2 is 1.93 bits per heavy atom. The molecule has 0 unspecified atom stereocenters. The highest BCUT2D eigenvalue weighted by atomic mass is 32.2. The van der Waals surface area contributed by atoms with Gasteiger partial charge in [-0.15, -0.1) is 11.8 Å². The van der Waals surface area contributed by atoms with Crippen molar-refractivity contribution >= 4 is 34.6 Å². The van der Waals surface area contributed by atoms with Gasteiger partial charge in [0.1, 0.15) is 0 Å². The van der Waals surface area contributed by atoms with Gasteiger partial charge < -0.3 is 19.5 Å². The number of hydrogen-bond acceptors (Lipinski definition) is 5. The first kappa shape index (κ1) is 20.0. The lowest BCUT2D eigenvalue weighted by molar-refractivity contribution is 0.0526. The summed E-state index contributed by atoms with van der Waals surface area (Å²) in [6.07, 6.45) is 0. The Morgan fingerprint density at radius 1 is 1.18 bits per heavy atom. The Hall–Kier alpha value is -2.77. The van der Waals surface area contributed by atoms with Crippen LogP contribution in [0.5, 0.6) is 0 Å². The summed E-state index contributed by atoms with van der Waals surface area (Å²) in [5.74, 6) is -1.01. The Bertz CT molecular complexity index is 1040. The minimum absolute atomic E-state index is 0.122. The maximum atomic E-state index is 12.7. The van der Waals surface area contributed by atoms with E-state index in [0.29, 0.717) is 21.8 Å². The molecule has 0 amide bonds.